The molecule has 0 bridgehead atoms. The van der Waals surface area contributed by atoms with Crippen molar-refractivity contribution in [3.63, 3.8) is 0 Å². The molecule has 0 spiro atoms. The first kappa shape index (κ1) is 21.6. The van der Waals surface area contributed by atoms with Gasteiger partial charge < -0.3 is 14.5 Å². The number of Topliss-reactive ketones (excluding diaryl/α,β-unsaturated/α-hetero) is 1. The second-order valence-electron chi connectivity index (χ2n) is 8.44. The minimum Gasteiger partial charge on any atom is -0.444 e. The zero-order chi connectivity index (χ0) is 20.0. The monoisotopic (exact) mass is 382 g/mol. The van der Waals surface area contributed by atoms with Crippen LogP contribution in [0, 0.1) is 0 Å². The largest absolute Gasteiger partial charge is 0.444 e. The summed E-state index contributed by atoms with van der Waals surface area (Å²) >= 11 is 0. The molecule has 2 amide bonds. The van der Waals surface area contributed by atoms with Crippen LogP contribution in [0.3, 0.4) is 0 Å². The first-order chi connectivity index (χ1) is 12.6. The van der Waals surface area contributed by atoms with E-state index in [9.17, 15) is 14.4 Å². The van der Waals surface area contributed by atoms with Gasteiger partial charge in [0.25, 0.3) is 0 Å². The van der Waals surface area contributed by atoms with Crippen LogP contribution in [0.5, 0.6) is 0 Å². The smallest absolute Gasteiger partial charge is 0.410 e. The third-order valence-electron chi connectivity index (χ3n) is 4.95. The van der Waals surface area contributed by atoms with Crippen molar-refractivity contribution in [1.29, 1.82) is 0 Å². The second-order valence-corrected chi connectivity index (χ2v) is 8.44. The number of carbonyl (C=O) groups excluding carboxylic acids is 3. The Bertz CT molecular complexity index is 528. The number of amides is 2. The number of nitrogens with zero attached hydrogens (tertiary/aromatic N) is 4. The Morgan fingerprint density at radius 2 is 1.56 bits per heavy atom. The molecule has 0 atom stereocenters. The number of rotatable bonds is 5. The Balaban J connectivity index is 1.64. The van der Waals surface area contributed by atoms with Crippen LogP contribution in [-0.4, -0.2) is 109 Å². The number of likely N-dealkylation sites (N-methyl/N-ethyl adjacent to an activating group) is 1. The molecule has 0 aliphatic carbocycles. The highest BCUT2D eigenvalue weighted by Gasteiger charge is 2.25. The van der Waals surface area contributed by atoms with Crippen LogP contribution in [0.4, 0.5) is 4.79 Å². The van der Waals surface area contributed by atoms with E-state index in [1.807, 2.05) is 25.7 Å². The van der Waals surface area contributed by atoms with Crippen molar-refractivity contribution in [2.45, 2.75) is 39.2 Å². The summed E-state index contributed by atoms with van der Waals surface area (Å²) in [4.78, 5) is 43.5. The van der Waals surface area contributed by atoms with E-state index in [-0.39, 0.29) is 17.8 Å². The lowest BCUT2D eigenvalue weighted by Gasteiger charge is -2.36. The van der Waals surface area contributed by atoms with Crippen molar-refractivity contribution in [3.05, 3.63) is 0 Å². The van der Waals surface area contributed by atoms with Crippen LogP contribution in [-0.2, 0) is 14.3 Å². The van der Waals surface area contributed by atoms with Gasteiger partial charge in [-0.25, -0.2) is 4.79 Å². The maximum absolute atomic E-state index is 12.4. The van der Waals surface area contributed by atoms with E-state index in [4.69, 9.17) is 4.74 Å². The number of carbonyl (C=O) groups is 3. The van der Waals surface area contributed by atoms with Crippen LogP contribution in [0.1, 0.15) is 33.6 Å². The molecule has 27 heavy (non-hydrogen) atoms. The fraction of sp³-hybridized carbons (Fsp3) is 0.842. The Hall–Kier alpha value is -1.67. The normalized spacial score (nSPS) is 19.9. The topological polar surface area (TPSA) is 73.4 Å². The van der Waals surface area contributed by atoms with Gasteiger partial charge in [-0.15, -0.1) is 0 Å². The van der Waals surface area contributed by atoms with Crippen molar-refractivity contribution in [2.75, 3.05) is 66.0 Å². The van der Waals surface area contributed by atoms with Crippen LogP contribution in [0.2, 0.25) is 0 Å². The van der Waals surface area contributed by atoms with Crippen molar-refractivity contribution in [2.24, 2.45) is 0 Å². The number of piperidine rings is 1. The molecule has 154 valence electrons. The predicted octanol–water partition coefficient (Wildman–Crippen LogP) is 0.662. The molecule has 2 saturated heterocycles. The molecule has 8 heteroatoms. The van der Waals surface area contributed by atoms with Gasteiger partial charge in [0.05, 0.1) is 6.54 Å². The molecular weight excluding hydrogens is 348 g/mol. The zero-order valence-corrected chi connectivity index (χ0v) is 17.2. The molecule has 0 aromatic rings. The molecule has 0 unspecified atom stereocenters. The molecule has 0 N–H and O–H groups in total. The fourth-order valence-corrected chi connectivity index (χ4v) is 3.19. The van der Waals surface area contributed by atoms with Gasteiger partial charge in [-0.05, 0) is 20.8 Å². The Labute approximate surface area is 162 Å². The molecule has 8 nitrogen and oxygen atoms in total. The predicted molar refractivity (Wildman–Crippen MR) is 103 cm³/mol. The first-order valence-electron chi connectivity index (χ1n) is 9.82. The number of hydrogen-bond donors (Lipinski definition) is 0. The summed E-state index contributed by atoms with van der Waals surface area (Å²) in [6, 6.07) is 0. The zero-order valence-electron chi connectivity index (χ0n) is 17.2. The molecule has 2 aliphatic rings. The highest BCUT2D eigenvalue weighted by molar-refractivity contribution is 5.84. The summed E-state index contributed by atoms with van der Waals surface area (Å²) in [6.07, 6.45) is 0.682. The lowest BCUT2D eigenvalue weighted by Crippen LogP contribution is -2.52. The van der Waals surface area contributed by atoms with Crippen LogP contribution < -0.4 is 0 Å². The van der Waals surface area contributed by atoms with E-state index in [0.29, 0.717) is 39.0 Å². The Morgan fingerprint density at radius 3 is 2.11 bits per heavy atom. The van der Waals surface area contributed by atoms with Crippen LogP contribution >= 0.6 is 0 Å². The third-order valence-corrected chi connectivity index (χ3v) is 4.95. The molecule has 2 fully saturated rings. The van der Waals surface area contributed by atoms with E-state index < -0.39 is 5.60 Å². The van der Waals surface area contributed by atoms with Crippen molar-refractivity contribution in [1.82, 2.24) is 19.6 Å². The minimum absolute atomic E-state index is 0.126. The summed E-state index contributed by atoms with van der Waals surface area (Å²) in [6.45, 7) is 12.0. The van der Waals surface area contributed by atoms with Gasteiger partial charge in [-0.1, -0.05) is 0 Å². The first-order valence-corrected chi connectivity index (χ1v) is 9.82. The molecule has 2 rings (SSSR count). The maximum atomic E-state index is 12.4. The van der Waals surface area contributed by atoms with Gasteiger partial charge in [0.15, 0.2) is 0 Å². The average molecular weight is 383 g/mol. The van der Waals surface area contributed by atoms with Crippen molar-refractivity contribution < 1.29 is 19.1 Å². The van der Waals surface area contributed by atoms with Crippen molar-refractivity contribution >= 4 is 17.8 Å². The van der Waals surface area contributed by atoms with Crippen molar-refractivity contribution in [3.8, 4) is 0 Å². The standard InChI is InChI=1S/C19H34N4O4/c1-19(2,3)27-18(26)20(4)9-10-21-11-13-22(14-12-21)15-17(25)23-7-5-16(24)6-8-23/h5-15H2,1-4H3. The van der Waals surface area contributed by atoms with Gasteiger partial charge in [-0.2, -0.15) is 0 Å². The number of ketones is 1. The lowest BCUT2D eigenvalue weighted by atomic mass is 10.1. The molecule has 2 heterocycles. The lowest BCUT2D eigenvalue weighted by molar-refractivity contribution is -0.135. The SMILES string of the molecule is CN(CCN1CCN(CC(=O)N2CCC(=O)CC2)CC1)C(=O)OC(C)(C)C. The third kappa shape index (κ3) is 7.46. The molecule has 0 aromatic carbocycles. The van der Waals surface area contributed by atoms with Gasteiger partial charge in [0.2, 0.25) is 5.91 Å². The van der Waals surface area contributed by atoms with E-state index in [0.717, 1.165) is 32.7 Å². The molecule has 2 aliphatic heterocycles. The van der Waals surface area contributed by atoms with E-state index in [1.54, 1.807) is 11.9 Å². The number of hydrogen-bond acceptors (Lipinski definition) is 6. The van der Waals surface area contributed by atoms with Crippen LogP contribution in [0.25, 0.3) is 0 Å². The quantitative estimate of drug-likeness (QED) is 0.696. The minimum atomic E-state index is -0.481. The summed E-state index contributed by atoms with van der Waals surface area (Å²) < 4.78 is 5.36. The van der Waals surface area contributed by atoms with Gasteiger partial charge >= 0.3 is 6.09 Å². The van der Waals surface area contributed by atoms with Gasteiger partial charge in [0.1, 0.15) is 11.4 Å². The summed E-state index contributed by atoms with van der Waals surface area (Å²) in [7, 11) is 1.76. The Morgan fingerprint density at radius 1 is 1.00 bits per heavy atom. The van der Waals surface area contributed by atoms with E-state index in [1.165, 1.54) is 0 Å². The number of likely N-dealkylation sites (tertiary alicyclic amines) is 1. The molecule has 0 aromatic heterocycles. The van der Waals surface area contributed by atoms with E-state index >= 15 is 0 Å². The number of ether oxygens (including phenoxy) is 1. The summed E-state index contributed by atoms with van der Waals surface area (Å²) in [5.74, 6) is 0.379. The maximum Gasteiger partial charge on any atom is 0.410 e. The summed E-state index contributed by atoms with van der Waals surface area (Å²) in [5.41, 5.74) is -0.481. The number of piperazine rings is 1. The highest BCUT2D eigenvalue weighted by Crippen LogP contribution is 2.10. The Kier molecular flexibility index (Phi) is 7.61. The van der Waals surface area contributed by atoms with Gasteiger partial charge in [-0.3, -0.25) is 19.4 Å². The molecule has 0 saturated carbocycles. The van der Waals surface area contributed by atoms with E-state index in [2.05, 4.69) is 9.80 Å². The highest BCUT2D eigenvalue weighted by atomic mass is 16.6. The molecule has 0 radical (unpaired) electrons. The fourth-order valence-electron chi connectivity index (χ4n) is 3.19. The molecular formula is C19H34N4O4. The average Bonchev–Trinajstić information content (AvgIpc) is 2.60. The van der Waals surface area contributed by atoms with Gasteiger partial charge in [0, 0.05) is 72.2 Å². The van der Waals surface area contributed by atoms with Crippen LogP contribution in [0.15, 0.2) is 0 Å². The second kappa shape index (κ2) is 9.50. The summed E-state index contributed by atoms with van der Waals surface area (Å²) in [5, 5.41) is 0.